The summed E-state index contributed by atoms with van der Waals surface area (Å²) in [5.41, 5.74) is 1.57. The van der Waals surface area contributed by atoms with E-state index in [1.807, 2.05) is 38.1 Å². The number of rotatable bonds is 8. The van der Waals surface area contributed by atoms with Gasteiger partial charge in [0.1, 0.15) is 11.5 Å². The van der Waals surface area contributed by atoms with E-state index in [2.05, 4.69) is 10.6 Å². The molecule has 6 nitrogen and oxygen atoms in total. The van der Waals surface area contributed by atoms with Gasteiger partial charge in [0.15, 0.2) is 0 Å². The zero-order chi connectivity index (χ0) is 18.4. The van der Waals surface area contributed by atoms with Gasteiger partial charge in [-0.1, -0.05) is 18.2 Å². The van der Waals surface area contributed by atoms with Crippen molar-refractivity contribution >= 4 is 12.1 Å². The molecule has 0 spiro atoms. The van der Waals surface area contributed by atoms with Crippen LogP contribution in [0.4, 0.5) is 5.69 Å². The second-order valence-electron chi connectivity index (χ2n) is 6.29. The number of methoxy groups -OCH3 is 1. The molecule has 2 rings (SSSR count). The van der Waals surface area contributed by atoms with E-state index in [4.69, 9.17) is 4.74 Å². The van der Waals surface area contributed by atoms with Crippen molar-refractivity contribution in [3.05, 3.63) is 53.6 Å². The van der Waals surface area contributed by atoms with Crippen molar-refractivity contribution in [2.24, 2.45) is 0 Å². The summed E-state index contributed by atoms with van der Waals surface area (Å²) >= 11 is 0. The highest BCUT2D eigenvalue weighted by Crippen LogP contribution is 2.28. The number of hydrogen-bond acceptors (Lipinski definition) is 5. The minimum absolute atomic E-state index is 0.0467. The average molecular weight is 344 g/mol. The van der Waals surface area contributed by atoms with Crippen LogP contribution in [0.5, 0.6) is 11.5 Å². The van der Waals surface area contributed by atoms with Crippen LogP contribution in [-0.4, -0.2) is 30.3 Å². The summed E-state index contributed by atoms with van der Waals surface area (Å²) in [6, 6.07) is 12.4. The smallest absolute Gasteiger partial charge is 0.211 e. The number of carbonyl (C=O) groups is 1. The molecule has 134 valence electrons. The van der Waals surface area contributed by atoms with Gasteiger partial charge in [0.2, 0.25) is 6.41 Å². The van der Waals surface area contributed by atoms with Gasteiger partial charge in [0.05, 0.1) is 18.9 Å². The summed E-state index contributed by atoms with van der Waals surface area (Å²) in [4.78, 5) is 10.6. The molecule has 0 bridgehead atoms. The van der Waals surface area contributed by atoms with Crippen molar-refractivity contribution in [3.63, 3.8) is 0 Å². The third-order valence-electron chi connectivity index (χ3n) is 4.17. The van der Waals surface area contributed by atoms with Crippen LogP contribution in [0, 0.1) is 0 Å². The van der Waals surface area contributed by atoms with E-state index < -0.39 is 6.10 Å². The van der Waals surface area contributed by atoms with E-state index in [0.29, 0.717) is 18.5 Å². The first-order valence-corrected chi connectivity index (χ1v) is 7.98. The molecule has 0 aliphatic carbocycles. The topological polar surface area (TPSA) is 90.8 Å². The molecule has 0 fully saturated rings. The van der Waals surface area contributed by atoms with Crippen LogP contribution < -0.4 is 15.4 Å². The molecule has 2 aromatic carbocycles. The van der Waals surface area contributed by atoms with E-state index in [1.54, 1.807) is 19.2 Å². The maximum Gasteiger partial charge on any atom is 0.211 e. The van der Waals surface area contributed by atoms with E-state index >= 15 is 0 Å². The molecule has 0 aliphatic heterocycles. The molecule has 6 heteroatoms. The third-order valence-corrected chi connectivity index (χ3v) is 4.17. The predicted molar refractivity (Wildman–Crippen MR) is 96.8 cm³/mol. The molecule has 0 aromatic heterocycles. The molecule has 0 unspecified atom stereocenters. The first-order chi connectivity index (χ1) is 11.9. The molecule has 0 saturated heterocycles. The zero-order valence-electron chi connectivity index (χ0n) is 14.6. The first kappa shape index (κ1) is 18.8. The number of aromatic hydroxyl groups is 1. The van der Waals surface area contributed by atoms with Gasteiger partial charge in [0, 0.05) is 12.1 Å². The second kappa shape index (κ2) is 8.00. The van der Waals surface area contributed by atoms with Crippen LogP contribution in [0.25, 0.3) is 0 Å². The van der Waals surface area contributed by atoms with Crippen LogP contribution in [0.1, 0.15) is 31.1 Å². The Bertz CT molecular complexity index is 714. The van der Waals surface area contributed by atoms with Crippen LogP contribution in [0.2, 0.25) is 0 Å². The highest BCUT2D eigenvalue weighted by atomic mass is 16.5. The largest absolute Gasteiger partial charge is 0.506 e. The summed E-state index contributed by atoms with van der Waals surface area (Å²) in [5.74, 6) is 0.744. The summed E-state index contributed by atoms with van der Waals surface area (Å²) < 4.78 is 5.17. The lowest BCUT2D eigenvalue weighted by Gasteiger charge is -2.29. The molecule has 0 heterocycles. The van der Waals surface area contributed by atoms with Crippen molar-refractivity contribution in [3.8, 4) is 11.5 Å². The number of phenols is 1. The standard InChI is InChI=1S/C19H24N2O4/c1-19(2,14-5-7-15(25-3)8-6-14)21-11-18(24)13-4-9-17(23)16(10-13)20-12-22/h4-10,12,18,21,23-24H,11H2,1-3H3,(H,20,22)/t18-/m0/s1. The number of aliphatic hydroxyl groups excluding tert-OH is 1. The number of aliphatic hydroxyl groups is 1. The molecular weight excluding hydrogens is 320 g/mol. The molecule has 2 aromatic rings. The highest BCUT2D eigenvalue weighted by molar-refractivity contribution is 5.75. The lowest BCUT2D eigenvalue weighted by Crippen LogP contribution is -2.39. The van der Waals surface area contributed by atoms with E-state index in [0.717, 1.165) is 11.3 Å². The predicted octanol–water partition coefficient (Wildman–Crippen LogP) is 2.53. The Morgan fingerprint density at radius 1 is 1.20 bits per heavy atom. The summed E-state index contributed by atoms with van der Waals surface area (Å²) in [7, 11) is 1.63. The molecular formula is C19H24N2O4. The Labute approximate surface area is 147 Å². The Kier molecular flexibility index (Phi) is 6.01. The van der Waals surface area contributed by atoms with Crippen LogP contribution in [-0.2, 0) is 10.3 Å². The Morgan fingerprint density at radius 3 is 2.48 bits per heavy atom. The number of hydrogen-bond donors (Lipinski definition) is 4. The minimum Gasteiger partial charge on any atom is -0.506 e. The van der Waals surface area contributed by atoms with Gasteiger partial charge in [-0.25, -0.2) is 0 Å². The Balaban J connectivity index is 2.05. The summed E-state index contributed by atoms with van der Waals surface area (Å²) in [6.07, 6.45) is -0.304. The normalized spacial score (nSPS) is 12.5. The molecule has 0 saturated carbocycles. The fourth-order valence-corrected chi connectivity index (χ4v) is 2.52. The molecule has 1 amide bonds. The van der Waals surface area contributed by atoms with Crippen LogP contribution in [0.15, 0.2) is 42.5 Å². The molecule has 1 atom stereocenters. The third kappa shape index (κ3) is 4.71. The van der Waals surface area contributed by atoms with Crippen molar-refractivity contribution in [2.45, 2.75) is 25.5 Å². The number of carbonyl (C=O) groups excluding carboxylic acids is 1. The highest BCUT2D eigenvalue weighted by Gasteiger charge is 2.21. The number of amides is 1. The maximum atomic E-state index is 10.6. The van der Waals surface area contributed by atoms with Gasteiger partial charge in [0.25, 0.3) is 0 Å². The lowest BCUT2D eigenvalue weighted by atomic mass is 9.93. The quantitative estimate of drug-likeness (QED) is 0.436. The van der Waals surface area contributed by atoms with Crippen molar-refractivity contribution < 1.29 is 19.7 Å². The van der Waals surface area contributed by atoms with Gasteiger partial charge in [-0.3, -0.25) is 4.79 Å². The van der Waals surface area contributed by atoms with Crippen molar-refractivity contribution in [2.75, 3.05) is 19.0 Å². The first-order valence-electron chi connectivity index (χ1n) is 7.98. The summed E-state index contributed by atoms with van der Waals surface area (Å²) in [6.45, 7) is 4.36. The summed E-state index contributed by atoms with van der Waals surface area (Å²) in [5, 5.41) is 25.8. The number of anilines is 1. The SMILES string of the molecule is COc1ccc(C(C)(C)NC[C@H](O)c2ccc(O)c(NC=O)c2)cc1. The van der Waals surface area contributed by atoms with Gasteiger partial charge >= 0.3 is 0 Å². The molecule has 0 radical (unpaired) electrons. The van der Waals surface area contributed by atoms with Crippen LogP contribution in [0.3, 0.4) is 0 Å². The fourth-order valence-electron chi connectivity index (χ4n) is 2.52. The van der Waals surface area contributed by atoms with Gasteiger partial charge in [-0.2, -0.15) is 0 Å². The van der Waals surface area contributed by atoms with Crippen molar-refractivity contribution in [1.82, 2.24) is 5.32 Å². The monoisotopic (exact) mass is 344 g/mol. The number of nitrogens with one attached hydrogen (secondary N) is 2. The van der Waals surface area contributed by atoms with Gasteiger partial charge in [-0.05, 0) is 49.2 Å². The zero-order valence-corrected chi connectivity index (χ0v) is 14.6. The van der Waals surface area contributed by atoms with Gasteiger partial charge < -0.3 is 25.6 Å². The molecule has 25 heavy (non-hydrogen) atoms. The van der Waals surface area contributed by atoms with Crippen LogP contribution >= 0.6 is 0 Å². The molecule has 0 aliphatic rings. The van der Waals surface area contributed by atoms with Gasteiger partial charge in [-0.15, -0.1) is 0 Å². The lowest BCUT2D eigenvalue weighted by molar-refractivity contribution is -0.105. The van der Waals surface area contributed by atoms with E-state index in [1.165, 1.54) is 6.07 Å². The number of phenolic OH excluding ortho intramolecular Hbond substituents is 1. The number of ether oxygens (including phenoxy) is 1. The average Bonchev–Trinajstić information content (AvgIpc) is 2.62. The van der Waals surface area contributed by atoms with Crippen molar-refractivity contribution in [1.29, 1.82) is 0 Å². The van der Waals surface area contributed by atoms with E-state index in [-0.39, 0.29) is 17.0 Å². The Hall–Kier alpha value is -2.57. The maximum absolute atomic E-state index is 10.6. The Morgan fingerprint density at radius 2 is 1.88 bits per heavy atom. The minimum atomic E-state index is -0.787. The molecule has 4 N–H and O–H groups in total. The van der Waals surface area contributed by atoms with E-state index in [9.17, 15) is 15.0 Å². The second-order valence-corrected chi connectivity index (χ2v) is 6.29. The fraction of sp³-hybridized carbons (Fsp3) is 0.316. The number of benzene rings is 2.